The van der Waals surface area contributed by atoms with Crippen molar-refractivity contribution in [3.05, 3.63) is 23.4 Å². The van der Waals surface area contributed by atoms with E-state index in [0.717, 1.165) is 11.0 Å². The third kappa shape index (κ3) is 2.93. The Morgan fingerprint density at radius 3 is 2.27 bits per heavy atom. The van der Waals surface area contributed by atoms with Crippen LogP contribution in [0, 0.1) is 6.92 Å². The van der Waals surface area contributed by atoms with E-state index in [9.17, 15) is 9.59 Å². The predicted molar refractivity (Wildman–Crippen MR) is 97.8 cm³/mol. The number of aromatic nitrogens is 2. The van der Waals surface area contributed by atoms with Gasteiger partial charge in [-0.15, -0.1) is 0 Å². The highest BCUT2D eigenvalue weighted by Crippen LogP contribution is 2.37. The van der Waals surface area contributed by atoms with Gasteiger partial charge in [-0.25, -0.2) is 0 Å². The fourth-order valence-electron chi connectivity index (χ4n) is 3.17. The fraction of sp³-hybridized carbons (Fsp3) is 0.500. The van der Waals surface area contributed by atoms with Crippen molar-refractivity contribution in [2.24, 2.45) is 0 Å². The highest BCUT2D eigenvalue weighted by Gasteiger charge is 2.51. The summed E-state index contributed by atoms with van der Waals surface area (Å²) in [6, 6.07) is 3.71. The molecule has 1 aromatic carbocycles. The maximum atomic E-state index is 12.0. The average Bonchev–Trinajstić information content (AvgIpc) is 2.94. The third-order valence-electron chi connectivity index (χ3n) is 5.20. The molecule has 1 N–H and O–H groups in total. The molecule has 1 aliphatic rings. The van der Waals surface area contributed by atoms with Gasteiger partial charge in [-0.3, -0.25) is 14.3 Å². The van der Waals surface area contributed by atoms with E-state index in [0.29, 0.717) is 10.9 Å². The van der Waals surface area contributed by atoms with Crippen LogP contribution in [-0.4, -0.2) is 45.0 Å². The number of hydrogen-bond acceptors (Lipinski definition) is 5. The number of hydrogen-bond donors (Lipinski definition) is 1. The van der Waals surface area contributed by atoms with Crippen LogP contribution in [0.1, 0.15) is 50.7 Å². The van der Waals surface area contributed by atoms with Crippen LogP contribution in [0.4, 0.5) is 0 Å². The number of carboxylic acids is 1. The first-order chi connectivity index (χ1) is 11.9. The number of rotatable bonds is 4. The van der Waals surface area contributed by atoms with E-state index in [1.54, 1.807) is 0 Å². The van der Waals surface area contributed by atoms with E-state index >= 15 is 0 Å². The van der Waals surface area contributed by atoms with Gasteiger partial charge in [-0.2, -0.15) is 5.10 Å². The van der Waals surface area contributed by atoms with E-state index < -0.39 is 24.3 Å². The number of nitrogens with zero attached hydrogens (tertiary/aromatic N) is 2. The van der Waals surface area contributed by atoms with E-state index in [-0.39, 0.29) is 18.0 Å². The van der Waals surface area contributed by atoms with E-state index in [4.69, 9.17) is 14.4 Å². The number of carbonyl (C=O) groups excluding carboxylic acids is 1. The molecule has 0 spiro atoms. The molecule has 26 heavy (non-hydrogen) atoms. The van der Waals surface area contributed by atoms with Crippen LogP contribution in [0.25, 0.3) is 10.9 Å². The number of benzene rings is 1. The molecule has 0 saturated carbocycles. The summed E-state index contributed by atoms with van der Waals surface area (Å²) < 4.78 is 13.6. The number of ketones is 1. The summed E-state index contributed by atoms with van der Waals surface area (Å²) in [7, 11) is -0.564. The standard InChI is InChI=1S/C18H23BN2O5/c1-10-7-12(19-25-17(3,4)18(5,6)26-19)8-13-15(11(2)22)20-21(16(10)13)9-14(23)24/h7-8H,9H2,1-6H3,(H,23,24). The molecule has 0 atom stereocenters. The first-order valence-electron chi connectivity index (χ1n) is 8.52. The zero-order chi connectivity index (χ0) is 19.4. The van der Waals surface area contributed by atoms with Crippen molar-refractivity contribution in [3.63, 3.8) is 0 Å². The molecule has 0 aliphatic carbocycles. The Labute approximate surface area is 152 Å². The lowest BCUT2D eigenvalue weighted by Crippen LogP contribution is -2.41. The second-order valence-electron chi connectivity index (χ2n) is 7.78. The molecule has 1 aliphatic heterocycles. The van der Waals surface area contributed by atoms with Gasteiger partial charge in [0.05, 0.1) is 16.7 Å². The minimum Gasteiger partial charge on any atom is -0.480 e. The molecule has 2 aromatic rings. The molecule has 1 aromatic heterocycles. The first-order valence-corrected chi connectivity index (χ1v) is 8.52. The van der Waals surface area contributed by atoms with Crippen molar-refractivity contribution >= 4 is 35.2 Å². The topological polar surface area (TPSA) is 90.7 Å². The molecule has 3 rings (SSSR count). The van der Waals surface area contributed by atoms with Crippen LogP contribution < -0.4 is 5.46 Å². The minimum atomic E-state index is -1.01. The number of fused-ring (bicyclic) bond motifs is 1. The quantitative estimate of drug-likeness (QED) is 0.664. The lowest BCUT2D eigenvalue weighted by atomic mass is 9.77. The lowest BCUT2D eigenvalue weighted by molar-refractivity contribution is -0.137. The van der Waals surface area contributed by atoms with Crippen molar-refractivity contribution < 1.29 is 24.0 Å². The summed E-state index contributed by atoms with van der Waals surface area (Å²) in [5, 5.41) is 14.0. The smallest absolute Gasteiger partial charge is 0.480 e. The van der Waals surface area contributed by atoms with Gasteiger partial charge < -0.3 is 14.4 Å². The van der Waals surface area contributed by atoms with Crippen molar-refractivity contribution in [1.82, 2.24) is 9.78 Å². The van der Waals surface area contributed by atoms with Crippen molar-refractivity contribution in [2.45, 2.75) is 59.3 Å². The highest BCUT2D eigenvalue weighted by atomic mass is 16.7. The molecule has 8 heteroatoms. The third-order valence-corrected chi connectivity index (χ3v) is 5.20. The number of carboxylic acid groups (broad SMARTS) is 1. The normalized spacial score (nSPS) is 18.5. The molecule has 1 fully saturated rings. The van der Waals surface area contributed by atoms with Crippen LogP contribution in [0.2, 0.25) is 0 Å². The van der Waals surface area contributed by atoms with Gasteiger partial charge in [0.2, 0.25) is 0 Å². The molecule has 0 radical (unpaired) electrons. The van der Waals surface area contributed by atoms with E-state index in [1.165, 1.54) is 11.6 Å². The highest BCUT2D eigenvalue weighted by molar-refractivity contribution is 6.62. The van der Waals surface area contributed by atoms with Crippen LogP contribution in [0.15, 0.2) is 12.1 Å². The summed E-state index contributed by atoms with van der Waals surface area (Å²) in [5.74, 6) is -1.23. The molecular formula is C18H23BN2O5. The summed E-state index contributed by atoms with van der Waals surface area (Å²) in [6.45, 7) is 10.9. The number of aliphatic carboxylic acids is 1. The molecule has 2 heterocycles. The molecule has 1 saturated heterocycles. The van der Waals surface area contributed by atoms with Gasteiger partial charge >= 0.3 is 13.1 Å². The van der Waals surface area contributed by atoms with Crippen molar-refractivity contribution in [2.75, 3.05) is 0 Å². The maximum absolute atomic E-state index is 12.0. The molecule has 0 unspecified atom stereocenters. The summed E-state index contributed by atoms with van der Waals surface area (Å²) in [5.41, 5.74) is 1.54. The lowest BCUT2D eigenvalue weighted by Gasteiger charge is -2.32. The van der Waals surface area contributed by atoms with Crippen LogP contribution >= 0.6 is 0 Å². The van der Waals surface area contributed by atoms with Crippen LogP contribution in [0.5, 0.6) is 0 Å². The number of Topliss-reactive ketones (excluding diaryl/α,β-unsaturated/α-hetero) is 1. The molecule has 0 amide bonds. The molecule has 7 nitrogen and oxygen atoms in total. The fourth-order valence-corrected chi connectivity index (χ4v) is 3.17. The monoisotopic (exact) mass is 358 g/mol. The summed E-state index contributed by atoms with van der Waals surface area (Å²) in [6.07, 6.45) is 0. The second kappa shape index (κ2) is 5.92. The number of carbonyl (C=O) groups is 2. The van der Waals surface area contributed by atoms with Crippen molar-refractivity contribution in [1.29, 1.82) is 0 Å². The van der Waals surface area contributed by atoms with Crippen LogP contribution in [-0.2, 0) is 20.6 Å². The summed E-state index contributed by atoms with van der Waals surface area (Å²) >= 11 is 0. The van der Waals surface area contributed by atoms with Gasteiger partial charge in [-0.1, -0.05) is 12.1 Å². The Morgan fingerprint density at radius 1 is 1.19 bits per heavy atom. The Hall–Kier alpha value is -2.19. The Bertz CT molecular complexity index is 900. The Kier molecular flexibility index (Phi) is 4.24. The summed E-state index contributed by atoms with van der Waals surface area (Å²) in [4.78, 5) is 23.2. The van der Waals surface area contributed by atoms with Crippen LogP contribution in [0.3, 0.4) is 0 Å². The van der Waals surface area contributed by atoms with Gasteiger partial charge in [0, 0.05) is 12.3 Å². The molecular weight excluding hydrogens is 335 g/mol. The van der Waals surface area contributed by atoms with Gasteiger partial charge in [0.1, 0.15) is 12.2 Å². The van der Waals surface area contributed by atoms with Crippen molar-refractivity contribution in [3.8, 4) is 0 Å². The van der Waals surface area contributed by atoms with Gasteiger partial charge in [0.25, 0.3) is 0 Å². The number of aryl methyl sites for hydroxylation is 1. The second-order valence-corrected chi connectivity index (χ2v) is 7.78. The van der Waals surface area contributed by atoms with E-state index in [2.05, 4.69) is 5.10 Å². The van der Waals surface area contributed by atoms with Gasteiger partial charge in [-0.05, 0) is 45.6 Å². The SMILES string of the molecule is CC(=O)c1nn(CC(=O)O)c2c(C)cc(B3OC(C)(C)C(C)(C)O3)cc12. The molecule has 0 bridgehead atoms. The zero-order valence-electron chi connectivity index (χ0n) is 15.9. The van der Waals surface area contributed by atoms with E-state index in [1.807, 2.05) is 46.8 Å². The van der Waals surface area contributed by atoms with Gasteiger partial charge in [0.15, 0.2) is 5.78 Å². The predicted octanol–water partition coefficient (Wildman–Crippen LogP) is 1.93. The zero-order valence-corrected chi connectivity index (χ0v) is 15.9. The minimum absolute atomic E-state index is 0.218. The molecule has 138 valence electrons. The first kappa shape index (κ1) is 18.6. The Balaban J connectivity index is 2.15. The maximum Gasteiger partial charge on any atom is 0.494 e. The Morgan fingerprint density at radius 2 is 1.77 bits per heavy atom. The average molecular weight is 358 g/mol. The largest absolute Gasteiger partial charge is 0.494 e.